The number of halogens is 1. The van der Waals surface area contributed by atoms with Crippen molar-refractivity contribution in [2.24, 2.45) is 0 Å². The van der Waals surface area contributed by atoms with Crippen molar-refractivity contribution in [3.8, 4) is 5.75 Å². The number of carbonyl (C=O) groups excluding carboxylic acids is 1. The first-order valence-corrected chi connectivity index (χ1v) is 5.49. The molecular formula is C11H13ClN2O2. The van der Waals surface area contributed by atoms with E-state index < -0.39 is 0 Å². The molecule has 1 aromatic rings. The third-order valence-corrected chi connectivity index (χ3v) is 2.50. The fraction of sp³-hybridized carbons (Fsp3) is 0.455. The van der Waals surface area contributed by atoms with Crippen molar-refractivity contribution in [1.82, 2.24) is 9.88 Å². The molecular weight excluding hydrogens is 228 g/mol. The van der Waals surface area contributed by atoms with E-state index in [1.807, 2.05) is 0 Å². The molecule has 5 heteroatoms. The first-order valence-electron chi connectivity index (χ1n) is 5.12. The number of aromatic nitrogens is 1. The second-order valence-corrected chi connectivity index (χ2v) is 4.41. The zero-order chi connectivity index (χ0) is 11.7. The summed E-state index contributed by atoms with van der Waals surface area (Å²) in [6.07, 6.45) is 3.82. The Labute approximate surface area is 99.2 Å². The summed E-state index contributed by atoms with van der Waals surface area (Å²) in [5.74, 6) is 0.394. The summed E-state index contributed by atoms with van der Waals surface area (Å²) in [4.78, 5) is 17.3. The molecule has 0 radical (unpaired) electrons. The van der Waals surface area contributed by atoms with Crippen LogP contribution in [-0.4, -0.2) is 36.0 Å². The van der Waals surface area contributed by atoms with E-state index in [-0.39, 0.29) is 12.0 Å². The van der Waals surface area contributed by atoms with Gasteiger partial charge in [-0.2, -0.15) is 0 Å². The van der Waals surface area contributed by atoms with Crippen LogP contribution in [0.2, 0.25) is 5.15 Å². The minimum absolute atomic E-state index is 0.125. The van der Waals surface area contributed by atoms with Crippen molar-refractivity contribution >= 4 is 17.5 Å². The highest BCUT2D eigenvalue weighted by atomic mass is 35.5. The van der Waals surface area contributed by atoms with Crippen LogP contribution in [0.4, 0.5) is 0 Å². The number of rotatable bonds is 3. The van der Waals surface area contributed by atoms with Gasteiger partial charge in [0.05, 0.1) is 17.9 Å². The van der Waals surface area contributed by atoms with Crippen LogP contribution in [0, 0.1) is 0 Å². The van der Waals surface area contributed by atoms with E-state index in [2.05, 4.69) is 4.98 Å². The predicted molar refractivity (Wildman–Crippen MR) is 60.9 cm³/mol. The molecule has 1 aromatic heterocycles. The molecule has 16 heavy (non-hydrogen) atoms. The Morgan fingerprint density at radius 1 is 1.56 bits per heavy atom. The van der Waals surface area contributed by atoms with E-state index in [1.165, 1.54) is 11.1 Å². The highest BCUT2D eigenvalue weighted by Gasteiger charge is 2.26. The quantitative estimate of drug-likeness (QED) is 0.759. The van der Waals surface area contributed by atoms with Crippen molar-refractivity contribution < 1.29 is 9.53 Å². The lowest BCUT2D eigenvalue weighted by molar-refractivity contribution is 0.0822. The van der Waals surface area contributed by atoms with Crippen LogP contribution in [0.1, 0.15) is 23.2 Å². The Balaban J connectivity index is 2.30. The maximum absolute atomic E-state index is 11.9. The third kappa shape index (κ3) is 2.44. The fourth-order valence-corrected chi connectivity index (χ4v) is 1.44. The number of pyridine rings is 1. The van der Waals surface area contributed by atoms with Crippen molar-refractivity contribution in [3.63, 3.8) is 0 Å². The molecule has 0 N–H and O–H groups in total. The molecule has 0 saturated heterocycles. The van der Waals surface area contributed by atoms with Crippen LogP contribution in [-0.2, 0) is 0 Å². The Hall–Kier alpha value is -1.29. The Morgan fingerprint density at radius 3 is 2.81 bits per heavy atom. The van der Waals surface area contributed by atoms with E-state index >= 15 is 0 Å². The van der Waals surface area contributed by atoms with Gasteiger partial charge in [0, 0.05) is 14.1 Å². The molecule has 0 bridgehead atoms. The van der Waals surface area contributed by atoms with Crippen molar-refractivity contribution in [3.05, 3.63) is 23.0 Å². The van der Waals surface area contributed by atoms with Crippen molar-refractivity contribution in [2.75, 3.05) is 14.1 Å². The van der Waals surface area contributed by atoms with Crippen LogP contribution in [0.5, 0.6) is 5.75 Å². The summed E-state index contributed by atoms with van der Waals surface area (Å²) in [5.41, 5.74) is 0.469. The highest BCUT2D eigenvalue weighted by Crippen LogP contribution is 2.30. The van der Waals surface area contributed by atoms with Gasteiger partial charge in [-0.3, -0.25) is 4.79 Å². The van der Waals surface area contributed by atoms with E-state index in [0.717, 1.165) is 12.8 Å². The Bertz CT molecular complexity index is 416. The standard InChI is InChI=1S/C11H13ClN2O2/c1-14(2)11(15)8-5-10(12)13-6-9(8)16-7-3-4-7/h5-7H,3-4H2,1-2H3. The summed E-state index contributed by atoms with van der Waals surface area (Å²) in [6, 6.07) is 1.54. The average molecular weight is 241 g/mol. The predicted octanol–water partition coefficient (Wildman–Crippen LogP) is 1.98. The van der Waals surface area contributed by atoms with E-state index in [4.69, 9.17) is 16.3 Å². The summed E-state index contributed by atoms with van der Waals surface area (Å²) in [5, 5.41) is 0.299. The van der Waals surface area contributed by atoms with Crippen molar-refractivity contribution in [2.45, 2.75) is 18.9 Å². The van der Waals surface area contributed by atoms with Crippen LogP contribution < -0.4 is 4.74 Å². The van der Waals surface area contributed by atoms with Gasteiger partial charge in [0.2, 0.25) is 0 Å². The maximum Gasteiger partial charge on any atom is 0.257 e. The third-order valence-electron chi connectivity index (χ3n) is 2.29. The van der Waals surface area contributed by atoms with Crippen LogP contribution in [0.15, 0.2) is 12.3 Å². The zero-order valence-electron chi connectivity index (χ0n) is 9.24. The molecule has 0 aromatic carbocycles. The summed E-state index contributed by atoms with van der Waals surface area (Å²) < 4.78 is 5.61. The molecule has 0 unspecified atom stereocenters. The normalized spacial score (nSPS) is 14.7. The van der Waals surface area contributed by atoms with E-state index in [1.54, 1.807) is 20.2 Å². The minimum Gasteiger partial charge on any atom is -0.488 e. The molecule has 4 nitrogen and oxygen atoms in total. The Morgan fingerprint density at radius 2 is 2.25 bits per heavy atom. The molecule has 1 aliphatic rings. The van der Waals surface area contributed by atoms with Crippen LogP contribution >= 0.6 is 11.6 Å². The van der Waals surface area contributed by atoms with Gasteiger partial charge in [-0.15, -0.1) is 0 Å². The van der Waals surface area contributed by atoms with Gasteiger partial charge in [-0.1, -0.05) is 11.6 Å². The number of ether oxygens (including phenoxy) is 1. The first-order chi connectivity index (χ1) is 7.58. The number of hydrogen-bond acceptors (Lipinski definition) is 3. The number of nitrogens with zero attached hydrogens (tertiary/aromatic N) is 2. The molecule has 1 saturated carbocycles. The molecule has 1 aliphatic carbocycles. The number of carbonyl (C=O) groups is 1. The average Bonchev–Trinajstić information content (AvgIpc) is 3.03. The Kier molecular flexibility index (Phi) is 3.01. The molecule has 1 heterocycles. The molecule has 1 fully saturated rings. The van der Waals surface area contributed by atoms with Gasteiger partial charge in [0.1, 0.15) is 5.15 Å². The molecule has 2 rings (SSSR count). The summed E-state index contributed by atoms with van der Waals surface area (Å²) in [6.45, 7) is 0. The zero-order valence-corrected chi connectivity index (χ0v) is 9.99. The second-order valence-electron chi connectivity index (χ2n) is 4.02. The van der Waals surface area contributed by atoms with Gasteiger partial charge in [0.15, 0.2) is 5.75 Å². The van der Waals surface area contributed by atoms with Gasteiger partial charge in [0.25, 0.3) is 5.91 Å². The lowest BCUT2D eigenvalue weighted by Gasteiger charge is -2.14. The minimum atomic E-state index is -0.125. The maximum atomic E-state index is 11.9. The highest BCUT2D eigenvalue weighted by molar-refractivity contribution is 6.29. The van der Waals surface area contributed by atoms with Crippen molar-refractivity contribution in [1.29, 1.82) is 0 Å². The first kappa shape index (κ1) is 11.2. The summed E-state index contributed by atoms with van der Waals surface area (Å²) in [7, 11) is 3.38. The lowest BCUT2D eigenvalue weighted by atomic mass is 10.2. The fourth-order valence-electron chi connectivity index (χ4n) is 1.28. The number of amides is 1. The van der Waals surface area contributed by atoms with Crippen LogP contribution in [0.3, 0.4) is 0 Å². The van der Waals surface area contributed by atoms with E-state index in [0.29, 0.717) is 16.5 Å². The SMILES string of the molecule is CN(C)C(=O)c1cc(Cl)ncc1OC1CC1. The molecule has 1 amide bonds. The van der Waals surface area contributed by atoms with Crippen LogP contribution in [0.25, 0.3) is 0 Å². The van der Waals surface area contributed by atoms with Gasteiger partial charge in [-0.05, 0) is 18.9 Å². The second kappa shape index (κ2) is 4.29. The molecule has 86 valence electrons. The van der Waals surface area contributed by atoms with Gasteiger partial charge >= 0.3 is 0 Å². The lowest BCUT2D eigenvalue weighted by Crippen LogP contribution is -2.22. The number of hydrogen-bond donors (Lipinski definition) is 0. The monoisotopic (exact) mass is 240 g/mol. The van der Waals surface area contributed by atoms with Gasteiger partial charge < -0.3 is 9.64 Å². The topological polar surface area (TPSA) is 42.4 Å². The van der Waals surface area contributed by atoms with E-state index in [9.17, 15) is 4.79 Å². The molecule has 0 atom stereocenters. The summed E-state index contributed by atoms with van der Waals surface area (Å²) >= 11 is 5.78. The smallest absolute Gasteiger partial charge is 0.257 e. The molecule has 0 aliphatic heterocycles. The molecule has 0 spiro atoms. The van der Waals surface area contributed by atoms with Gasteiger partial charge in [-0.25, -0.2) is 4.98 Å². The largest absolute Gasteiger partial charge is 0.488 e.